The Balaban J connectivity index is 1.87. The second-order valence-corrected chi connectivity index (χ2v) is 6.37. The molecule has 0 radical (unpaired) electrons. The molecule has 0 amide bonds. The van der Waals surface area contributed by atoms with E-state index in [0.29, 0.717) is 6.42 Å². The molecule has 3 rings (SSSR count). The predicted molar refractivity (Wildman–Crippen MR) is 86.8 cm³/mol. The minimum Gasteiger partial charge on any atom is -0.296 e. The third kappa shape index (κ3) is 3.49. The summed E-state index contributed by atoms with van der Waals surface area (Å²) in [7, 11) is 0. The van der Waals surface area contributed by atoms with Crippen LogP contribution < -0.4 is 0 Å². The molecule has 1 saturated heterocycles. The zero-order valence-corrected chi connectivity index (χ0v) is 13.3. The monoisotopic (exact) mass is 313 g/mol. The van der Waals surface area contributed by atoms with Gasteiger partial charge in [-0.15, -0.1) is 10.2 Å². The van der Waals surface area contributed by atoms with Gasteiger partial charge in [0.2, 0.25) is 0 Å². The smallest absolute Gasteiger partial charge is 0.195 e. The first-order valence-corrected chi connectivity index (χ1v) is 8.59. The molecule has 0 atom stereocenters. The first kappa shape index (κ1) is 15.1. The maximum atomic E-state index is 8.71. The Bertz CT molecular complexity index is 640. The standard InChI is InChI=1S/C16H19N5S/c17-9-6-12-22-16-19-18-15(13-20-10-4-5-11-20)21(16)14-7-2-1-3-8-14/h1-3,7-8H,4-6,10-13H2. The molecular weight excluding hydrogens is 294 g/mol. The van der Waals surface area contributed by atoms with Gasteiger partial charge in [0.1, 0.15) is 0 Å². The van der Waals surface area contributed by atoms with Crippen molar-refractivity contribution >= 4 is 11.8 Å². The van der Waals surface area contributed by atoms with E-state index < -0.39 is 0 Å². The summed E-state index contributed by atoms with van der Waals surface area (Å²) < 4.78 is 2.13. The van der Waals surface area contributed by atoms with E-state index in [9.17, 15) is 0 Å². The van der Waals surface area contributed by atoms with E-state index in [0.717, 1.165) is 42.1 Å². The molecule has 0 bridgehead atoms. The first-order valence-electron chi connectivity index (χ1n) is 7.60. The van der Waals surface area contributed by atoms with Gasteiger partial charge in [-0.25, -0.2) is 0 Å². The van der Waals surface area contributed by atoms with Crippen molar-refractivity contribution in [1.29, 1.82) is 5.26 Å². The summed E-state index contributed by atoms with van der Waals surface area (Å²) in [5.74, 6) is 1.72. The largest absolute Gasteiger partial charge is 0.296 e. The maximum Gasteiger partial charge on any atom is 0.195 e. The van der Waals surface area contributed by atoms with Crippen LogP contribution in [0.1, 0.15) is 25.1 Å². The lowest BCUT2D eigenvalue weighted by molar-refractivity contribution is 0.319. The number of benzene rings is 1. The lowest BCUT2D eigenvalue weighted by Gasteiger charge is -2.15. The number of hydrogen-bond acceptors (Lipinski definition) is 5. The van der Waals surface area contributed by atoms with Crippen LogP contribution in [0.5, 0.6) is 0 Å². The molecule has 5 nitrogen and oxygen atoms in total. The summed E-state index contributed by atoms with van der Waals surface area (Å²) in [4.78, 5) is 2.42. The number of para-hydroxylation sites is 1. The van der Waals surface area contributed by atoms with E-state index in [1.54, 1.807) is 11.8 Å². The number of rotatable bonds is 6. The Hall–Kier alpha value is -1.84. The highest BCUT2D eigenvalue weighted by Gasteiger charge is 2.19. The van der Waals surface area contributed by atoms with Gasteiger partial charge in [-0.3, -0.25) is 9.47 Å². The molecule has 6 heteroatoms. The average Bonchev–Trinajstić information content (AvgIpc) is 3.19. The molecular formula is C16H19N5S. The van der Waals surface area contributed by atoms with Gasteiger partial charge in [-0.2, -0.15) is 5.26 Å². The van der Waals surface area contributed by atoms with Crippen molar-refractivity contribution in [3.8, 4) is 11.8 Å². The molecule has 0 aliphatic carbocycles. The number of aromatic nitrogens is 3. The van der Waals surface area contributed by atoms with Crippen molar-refractivity contribution in [3.05, 3.63) is 36.2 Å². The highest BCUT2D eigenvalue weighted by Crippen LogP contribution is 2.24. The Labute approximate surface area is 135 Å². The zero-order chi connectivity index (χ0) is 15.2. The third-order valence-corrected chi connectivity index (χ3v) is 4.65. The Kier molecular flexibility index (Phi) is 5.09. The number of thioether (sulfide) groups is 1. The number of nitriles is 1. The van der Waals surface area contributed by atoms with Crippen LogP contribution in [0.25, 0.3) is 5.69 Å². The Morgan fingerprint density at radius 2 is 1.91 bits per heavy atom. The molecule has 2 aromatic rings. The van der Waals surface area contributed by atoms with Gasteiger partial charge < -0.3 is 0 Å². The van der Waals surface area contributed by atoms with Gasteiger partial charge in [0, 0.05) is 17.9 Å². The fraction of sp³-hybridized carbons (Fsp3) is 0.438. The second kappa shape index (κ2) is 7.43. The second-order valence-electron chi connectivity index (χ2n) is 5.31. The average molecular weight is 313 g/mol. The van der Waals surface area contributed by atoms with Gasteiger partial charge in [-0.1, -0.05) is 30.0 Å². The van der Waals surface area contributed by atoms with E-state index in [1.165, 1.54) is 12.8 Å². The fourth-order valence-electron chi connectivity index (χ4n) is 2.66. The van der Waals surface area contributed by atoms with Crippen molar-refractivity contribution < 1.29 is 0 Å². The summed E-state index contributed by atoms with van der Waals surface area (Å²) in [5, 5.41) is 18.3. The van der Waals surface area contributed by atoms with Gasteiger partial charge in [0.15, 0.2) is 11.0 Å². The molecule has 0 unspecified atom stereocenters. The van der Waals surface area contributed by atoms with Crippen molar-refractivity contribution in [2.24, 2.45) is 0 Å². The minimum absolute atomic E-state index is 0.522. The maximum absolute atomic E-state index is 8.71. The Morgan fingerprint density at radius 3 is 2.64 bits per heavy atom. The summed E-state index contributed by atoms with van der Waals surface area (Å²) >= 11 is 1.59. The molecule has 1 aromatic heterocycles. The molecule has 1 aromatic carbocycles. The summed E-state index contributed by atoms with van der Waals surface area (Å²) in [5.41, 5.74) is 1.08. The van der Waals surface area contributed by atoms with Crippen LogP contribution in [0.3, 0.4) is 0 Å². The van der Waals surface area contributed by atoms with Crippen molar-refractivity contribution in [3.63, 3.8) is 0 Å². The molecule has 0 N–H and O–H groups in total. The van der Waals surface area contributed by atoms with E-state index in [4.69, 9.17) is 5.26 Å². The van der Waals surface area contributed by atoms with Crippen LogP contribution in [-0.2, 0) is 6.54 Å². The van der Waals surface area contributed by atoms with Crippen LogP contribution in [-0.4, -0.2) is 38.5 Å². The highest BCUT2D eigenvalue weighted by molar-refractivity contribution is 7.99. The molecule has 1 aliphatic heterocycles. The number of hydrogen-bond donors (Lipinski definition) is 0. The lowest BCUT2D eigenvalue weighted by Crippen LogP contribution is -2.21. The predicted octanol–water partition coefficient (Wildman–Crippen LogP) is 2.87. The highest BCUT2D eigenvalue weighted by atomic mass is 32.2. The molecule has 2 heterocycles. The van der Waals surface area contributed by atoms with Crippen LogP contribution in [0.15, 0.2) is 35.5 Å². The summed E-state index contributed by atoms with van der Waals surface area (Å²) in [6.45, 7) is 3.11. The van der Waals surface area contributed by atoms with Crippen LogP contribution in [0, 0.1) is 11.3 Å². The van der Waals surface area contributed by atoms with Crippen LogP contribution in [0.2, 0.25) is 0 Å². The van der Waals surface area contributed by atoms with Gasteiger partial charge >= 0.3 is 0 Å². The first-order chi connectivity index (χ1) is 10.9. The normalized spacial score (nSPS) is 15.0. The zero-order valence-electron chi connectivity index (χ0n) is 12.5. The van der Waals surface area contributed by atoms with E-state index in [1.807, 2.05) is 18.2 Å². The molecule has 0 spiro atoms. The summed E-state index contributed by atoms with van der Waals surface area (Å²) in [6, 6.07) is 12.4. The van der Waals surface area contributed by atoms with Crippen molar-refractivity contribution in [2.75, 3.05) is 18.8 Å². The Morgan fingerprint density at radius 1 is 1.14 bits per heavy atom. The van der Waals surface area contributed by atoms with E-state index in [-0.39, 0.29) is 0 Å². The summed E-state index contributed by atoms with van der Waals surface area (Å²) in [6.07, 6.45) is 3.06. The molecule has 1 aliphatic rings. The van der Waals surface area contributed by atoms with Crippen LogP contribution >= 0.6 is 11.8 Å². The molecule has 114 valence electrons. The fourth-order valence-corrected chi connectivity index (χ4v) is 3.48. The van der Waals surface area contributed by atoms with E-state index >= 15 is 0 Å². The van der Waals surface area contributed by atoms with Crippen molar-refractivity contribution in [2.45, 2.75) is 31.0 Å². The third-order valence-electron chi connectivity index (χ3n) is 3.72. The molecule has 0 saturated carbocycles. The molecule has 1 fully saturated rings. The SMILES string of the molecule is N#CCCSc1nnc(CN2CCCC2)n1-c1ccccc1. The lowest BCUT2D eigenvalue weighted by atomic mass is 10.3. The van der Waals surface area contributed by atoms with Gasteiger partial charge in [0.25, 0.3) is 0 Å². The number of nitrogens with zero attached hydrogens (tertiary/aromatic N) is 5. The quantitative estimate of drug-likeness (QED) is 0.606. The van der Waals surface area contributed by atoms with Gasteiger partial charge in [0.05, 0.1) is 12.6 Å². The minimum atomic E-state index is 0.522. The molecule has 22 heavy (non-hydrogen) atoms. The van der Waals surface area contributed by atoms with E-state index in [2.05, 4.69) is 37.9 Å². The van der Waals surface area contributed by atoms with Crippen LogP contribution in [0.4, 0.5) is 0 Å². The van der Waals surface area contributed by atoms with Gasteiger partial charge in [-0.05, 0) is 38.1 Å². The number of likely N-dealkylation sites (tertiary alicyclic amines) is 1. The van der Waals surface area contributed by atoms with Crippen molar-refractivity contribution in [1.82, 2.24) is 19.7 Å². The topological polar surface area (TPSA) is 57.7 Å².